The number of nitrogens with zero attached hydrogens (tertiary/aromatic N) is 2. The molecule has 0 aromatic rings. The standard InChI is InChI=1S/C10H21N3O/c1-11-10(14)13(3)8-9-5-4-6-12(2)7-9/h9H,4-8H2,1-3H3,(H,11,14). The van der Waals surface area contributed by atoms with Gasteiger partial charge in [-0.25, -0.2) is 4.79 Å². The lowest BCUT2D eigenvalue weighted by molar-refractivity contribution is 0.164. The van der Waals surface area contributed by atoms with Gasteiger partial charge >= 0.3 is 6.03 Å². The number of rotatable bonds is 2. The van der Waals surface area contributed by atoms with Gasteiger partial charge < -0.3 is 15.1 Å². The van der Waals surface area contributed by atoms with Crippen molar-refractivity contribution < 1.29 is 4.79 Å². The molecule has 1 aliphatic rings. The smallest absolute Gasteiger partial charge is 0.316 e. The number of piperidine rings is 1. The van der Waals surface area contributed by atoms with E-state index in [0.29, 0.717) is 5.92 Å². The molecule has 0 aromatic carbocycles. The van der Waals surface area contributed by atoms with Crippen molar-refractivity contribution in [3.8, 4) is 0 Å². The lowest BCUT2D eigenvalue weighted by Crippen LogP contribution is -2.42. The lowest BCUT2D eigenvalue weighted by atomic mass is 9.98. The van der Waals surface area contributed by atoms with E-state index in [0.717, 1.165) is 13.1 Å². The molecule has 0 radical (unpaired) electrons. The highest BCUT2D eigenvalue weighted by atomic mass is 16.2. The fraction of sp³-hybridized carbons (Fsp3) is 0.900. The van der Waals surface area contributed by atoms with Crippen LogP contribution in [0.4, 0.5) is 4.79 Å². The minimum Gasteiger partial charge on any atom is -0.341 e. The molecule has 4 heteroatoms. The van der Waals surface area contributed by atoms with Crippen molar-refractivity contribution in [1.29, 1.82) is 0 Å². The van der Waals surface area contributed by atoms with E-state index in [4.69, 9.17) is 0 Å². The molecule has 1 unspecified atom stereocenters. The third kappa shape index (κ3) is 3.18. The minimum absolute atomic E-state index is 0.0122. The SMILES string of the molecule is CNC(=O)N(C)CC1CCCN(C)C1. The Kier molecular flexibility index (Phi) is 4.20. The molecule has 0 aliphatic carbocycles. The Hall–Kier alpha value is -0.770. The van der Waals surface area contributed by atoms with Crippen molar-refractivity contribution >= 4 is 6.03 Å². The van der Waals surface area contributed by atoms with Crippen molar-refractivity contribution in [3.63, 3.8) is 0 Å². The molecule has 0 aromatic heterocycles. The largest absolute Gasteiger partial charge is 0.341 e. The number of nitrogens with one attached hydrogen (secondary N) is 1. The number of urea groups is 1. The van der Waals surface area contributed by atoms with E-state index >= 15 is 0 Å². The Morgan fingerprint density at radius 1 is 1.64 bits per heavy atom. The van der Waals surface area contributed by atoms with Crippen LogP contribution in [0.1, 0.15) is 12.8 Å². The fourth-order valence-corrected chi connectivity index (χ4v) is 2.08. The van der Waals surface area contributed by atoms with Crippen LogP contribution in [0, 0.1) is 5.92 Å². The molecule has 1 rings (SSSR count). The monoisotopic (exact) mass is 199 g/mol. The first kappa shape index (κ1) is 11.3. The molecular weight excluding hydrogens is 178 g/mol. The summed E-state index contributed by atoms with van der Waals surface area (Å²) in [5, 5.41) is 2.64. The highest BCUT2D eigenvalue weighted by Crippen LogP contribution is 2.15. The highest BCUT2D eigenvalue weighted by Gasteiger charge is 2.19. The van der Waals surface area contributed by atoms with Crippen molar-refractivity contribution in [2.75, 3.05) is 40.8 Å². The zero-order chi connectivity index (χ0) is 10.6. The minimum atomic E-state index is 0.0122. The summed E-state index contributed by atoms with van der Waals surface area (Å²) >= 11 is 0. The lowest BCUT2D eigenvalue weighted by Gasteiger charge is -2.32. The summed E-state index contributed by atoms with van der Waals surface area (Å²) in [5.74, 6) is 0.635. The van der Waals surface area contributed by atoms with E-state index in [1.165, 1.54) is 19.4 Å². The predicted molar refractivity (Wildman–Crippen MR) is 57.3 cm³/mol. The van der Waals surface area contributed by atoms with Crippen molar-refractivity contribution in [2.45, 2.75) is 12.8 Å². The Morgan fingerprint density at radius 2 is 2.36 bits per heavy atom. The molecule has 1 saturated heterocycles. The number of hydrogen-bond donors (Lipinski definition) is 1. The van der Waals surface area contributed by atoms with Crippen LogP contribution in [-0.2, 0) is 0 Å². The molecule has 1 N–H and O–H groups in total. The molecule has 0 saturated carbocycles. The van der Waals surface area contributed by atoms with Gasteiger partial charge in [0.15, 0.2) is 0 Å². The third-order valence-corrected chi connectivity index (χ3v) is 2.81. The van der Waals surface area contributed by atoms with E-state index in [2.05, 4.69) is 17.3 Å². The average molecular weight is 199 g/mol. The van der Waals surface area contributed by atoms with Crippen LogP contribution in [-0.4, -0.2) is 56.6 Å². The maximum Gasteiger partial charge on any atom is 0.316 e. The van der Waals surface area contributed by atoms with Gasteiger partial charge in [0.2, 0.25) is 0 Å². The number of carbonyl (C=O) groups excluding carboxylic acids is 1. The Bertz CT molecular complexity index is 196. The second-order valence-corrected chi connectivity index (χ2v) is 4.21. The van der Waals surface area contributed by atoms with Crippen LogP contribution in [0.2, 0.25) is 0 Å². The first-order valence-electron chi connectivity index (χ1n) is 5.25. The van der Waals surface area contributed by atoms with Crippen molar-refractivity contribution in [3.05, 3.63) is 0 Å². The van der Waals surface area contributed by atoms with Gasteiger partial charge in [0.1, 0.15) is 0 Å². The number of carbonyl (C=O) groups is 1. The summed E-state index contributed by atoms with van der Waals surface area (Å²) in [5.41, 5.74) is 0. The Balaban J connectivity index is 2.32. The van der Waals surface area contributed by atoms with Gasteiger partial charge in [0.25, 0.3) is 0 Å². The zero-order valence-corrected chi connectivity index (χ0v) is 9.42. The topological polar surface area (TPSA) is 35.6 Å². The van der Waals surface area contributed by atoms with Crippen LogP contribution >= 0.6 is 0 Å². The van der Waals surface area contributed by atoms with Crippen LogP contribution in [0.25, 0.3) is 0 Å². The molecule has 1 aliphatic heterocycles. The summed E-state index contributed by atoms with van der Waals surface area (Å²) < 4.78 is 0. The molecule has 1 atom stereocenters. The van der Waals surface area contributed by atoms with Crippen LogP contribution < -0.4 is 5.32 Å². The van der Waals surface area contributed by atoms with Gasteiger partial charge in [0, 0.05) is 27.2 Å². The van der Waals surface area contributed by atoms with Crippen molar-refractivity contribution in [2.24, 2.45) is 5.92 Å². The number of amides is 2. The van der Waals surface area contributed by atoms with E-state index in [-0.39, 0.29) is 6.03 Å². The zero-order valence-electron chi connectivity index (χ0n) is 9.42. The summed E-state index contributed by atoms with van der Waals surface area (Å²) in [7, 11) is 5.67. The summed E-state index contributed by atoms with van der Waals surface area (Å²) in [6.45, 7) is 3.17. The van der Waals surface area contributed by atoms with Crippen molar-refractivity contribution in [1.82, 2.24) is 15.1 Å². The summed E-state index contributed by atoms with van der Waals surface area (Å²) in [6.07, 6.45) is 2.49. The molecule has 82 valence electrons. The third-order valence-electron chi connectivity index (χ3n) is 2.81. The first-order chi connectivity index (χ1) is 6.63. The van der Waals surface area contributed by atoms with Gasteiger partial charge in [-0.15, -0.1) is 0 Å². The number of hydrogen-bond acceptors (Lipinski definition) is 2. The fourth-order valence-electron chi connectivity index (χ4n) is 2.08. The first-order valence-corrected chi connectivity index (χ1v) is 5.25. The second-order valence-electron chi connectivity index (χ2n) is 4.21. The van der Waals surface area contributed by atoms with E-state index < -0.39 is 0 Å². The quantitative estimate of drug-likeness (QED) is 0.707. The molecule has 4 nitrogen and oxygen atoms in total. The van der Waals surface area contributed by atoms with Gasteiger partial charge in [-0.3, -0.25) is 0 Å². The molecule has 1 heterocycles. The average Bonchev–Trinajstić information content (AvgIpc) is 2.16. The Morgan fingerprint density at radius 3 is 2.93 bits per heavy atom. The van der Waals surface area contributed by atoms with Crippen LogP contribution in [0.15, 0.2) is 0 Å². The maximum atomic E-state index is 11.3. The maximum absolute atomic E-state index is 11.3. The van der Waals surface area contributed by atoms with E-state index in [9.17, 15) is 4.79 Å². The second kappa shape index (κ2) is 5.20. The summed E-state index contributed by atoms with van der Waals surface area (Å²) in [6, 6.07) is 0.0122. The normalized spacial score (nSPS) is 23.2. The Labute approximate surface area is 86.2 Å². The molecule has 14 heavy (non-hydrogen) atoms. The highest BCUT2D eigenvalue weighted by molar-refractivity contribution is 5.73. The summed E-state index contributed by atoms with van der Waals surface area (Å²) in [4.78, 5) is 15.4. The van der Waals surface area contributed by atoms with E-state index in [1.807, 2.05) is 7.05 Å². The molecular formula is C10H21N3O. The molecule has 0 spiro atoms. The van der Waals surface area contributed by atoms with E-state index in [1.54, 1.807) is 11.9 Å². The predicted octanol–water partition coefficient (Wildman–Crippen LogP) is 0.599. The molecule has 1 fully saturated rings. The van der Waals surface area contributed by atoms with Crippen LogP contribution in [0.3, 0.4) is 0 Å². The van der Waals surface area contributed by atoms with Gasteiger partial charge in [-0.2, -0.15) is 0 Å². The van der Waals surface area contributed by atoms with Gasteiger partial charge in [0.05, 0.1) is 0 Å². The van der Waals surface area contributed by atoms with Crippen LogP contribution in [0.5, 0.6) is 0 Å². The van der Waals surface area contributed by atoms with Gasteiger partial charge in [-0.05, 0) is 32.4 Å². The number of likely N-dealkylation sites (tertiary alicyclic amines) is 1. The molecule has 0 bridgehead atoms. The van der Waals surface area contributed by atoms with Gasteiger partial charge in [-0.1, -0.05) is 0 Å². The molecule has 2 amide bonds.